The summed E-state index contributed by atoms with van der Waals surface area (Å²) in [5, 5.41) is 7.86. The third kappa shape index (κ3) is 4.01. The summed E-state index contributed by atoms with van der Waals surface area (Å²) in [6, 6.07) is 12.5. The summed E-state index contributed by atoms with van der Waals surface area (Å²) in [7, 11) is 2.09. The van der Waals surface area contributed by atoms with Crippen LogP contribution in [0, 0.1) is 6.92 Å². The van der Waals surface area contributed by atoms with Crippen molar-refractivity contribution in [1.29, 1.82) is 0 Å². The Hall–Kier alpha value is -2.73. The zero-order valence-corrected chi connectivity index (χ0v) is 16.0. The molecule has 1 aliphatic rings. The summed E-state index contributed by atoms with van der Waals surface area (Å²) in [5.74, 6) is 2.28. The normalized spacial score (nSPS) is 17.0. The number of hydrogen-bond donors (Lipinski definition) is 1. The first kappa shape index (κ1) is 17.7. The van der Waals surface area contributed by atoms with Gasteiger partial charge in [0.25, 0.3) is 0 Å². The minimum absolute atomic E-state index is 0.476. The average Bonchev–Trinajstić information content (AvgIpc) is 3.23. The van der Waals surface area contributed by atoms with E-state index in [1.54, 1.807) is 6.20 Å². The molecule has 1 aromatic carbocycles. The van der Waals surface area contributed by atoms with Crippen LogP contribution in [0.25, 0.3) is 5.69 Å². The predicted octanol–water partition coefficient (Wildman–Crippen LogP) is 3.07. The Morgan fingerprint density at radius 1 is 1.22 bits per heavy atom. The van der Waals surface area contributed by atoms with Crippen LogP contribution in [-0.4, -0.2) is 39.9 Å². The summed E-state index contributed by atoms with van der Waals surface area (Å²) in [4.78, 5) is 11.6. The second kappa shape index (κ2) is 7.88. The molecule has 2 aromatic heterocycles. The first-order valence-electron chi connectivity index (χ1n) is 9.56. The molecule has 0 amide bonds. The van der Waals surface area contributed by atoms with Crippen molar-refractivity contribution in [3.63, 3.8) is 0 Å². The van der Waals surface area contributed by atoms with E-state index in [0.29, 0.717) is 5.92 Å². The molecule has 1 atom stereocenters. The third-order valence-electron chi connectivity index (χ3n) is 5.10. The molecule has 6 nitrogen and oxygen atoms in total. The van der Waals surface area contributed by atoms with Gasteiger partial charge < -0.3 is 10.2 Å². The Balaban J connectivity index is 1.59. The molecule has 0 aliphatic carbocycles. The number of benzene rings is 1. The fourth-order valence-electron chi connectivity index (χ4n) is 3.70. The SMILES string of the molecule is Cc1nc([C@H]2CCCNC2)cc(N(C)Cc2ccccc2-n2cccn2)n1. The van der Waals surface area contributed by atoms with Gasteiger partial charge in [-0.15, -0.1) is 0 Å². The van der Waals surface area contributed by atoms with E-state index >= 15 is 0 Å². The number of nitrogens with zero attached hydrogens (tertiary/aromatic N) is 5. The number of hydrogen-bond acceptors (Lipinski definition) is 5. The molecular formula is C21H26N6. The second-order valence-electron chi connectivity index (χ2n) is 7.18. The van der Waals surface area contributed by atoms with Crippen LogP contribution in [0.3, 0.4) is 0 Å². The van der Waals surface area contributed by atoms with E-state index in [0.717, 1.165) is 42.7 Å². The highest BCUT2D eigenvalue weighted by atomic mass is 15.3. The first-order valence-corrected chi connectivity index (χ1v) is 9.56. The van der Waals surface area contributed by atoms with Crippen LogP contribution in [0.5, 0.6) is 0 Å². The molecule has 0 bridgehead atoms. The molecule has 1 N–H and O–H groups in total. The van der Waals surface area contributed by atoms with E-state index in [1.165, 1.54) is 18.4 Å². The molecule has 3 heterocycles. The van der Waals surface area contributed by atoms with Gasteiger partial charge in [-0.25, -0.2) is 14.6 Å². The summed E-state index contributed by atoms with van der Waals surface area (Å²) in [6.45, 7) is 4.85. The van der Waals surface area contributed by atoms with Gasteiger partial charge in [-0.05, 0) is 44.0 Å². The molecule has 1 fully saturated rings. The van der Waals surface area contributed by atoms with Gasteiger partial charge in [0.15, 0.2) is 0 Å². The predicted molar refractivity (Wildman–Crippen MR) is 107 cm³/mol. The van der Waals surface area contributed by atoms with E-state index in [-0.39, 0.29) is 0 Å². The van der Waals surface area contributed by atoms with Gasteiger partial charge in [0.05, 0.1) is 11.4 Å². The van der Waals surface area contributed by atoms with Crippen LogP contribution in [-0.2, 0) is 6.54 Å². The maximum Gasteiger partial charge on any atom is 0.132 e. The molecule has 1 saturated heterocycles. The van der Waals surface area contributed by atoms with Crippen molar-refractivity contribution in [2.24, 2.45) is 0 Å². The topological polar surface area (TPSA) is 58.9 Å². The highest BCUT2D eigenvalue weighted by Gasteiger charge is 2.19. The van der Waals surface area contributed by atoms with Crippen LogP contribution in [0.15, 0.2) is 48.8 Å². The molecule has 6 heteroatoms. The van der Waals surface area contributed by atoms with Crippen molar-refractivity contribution in [2.75, 3.05) is 25.0 Å². The van der Waals surface area contributed by atoms with Crippen molar-refractivity contribution in [1.82, 2.24) is 25.1 Å². The Bertz CT molecular complexity index is 883. The van der Waals surface area contributed by atoms with Crippen LogP contribution < -0.4 is 10.2 Å². The summed E-state index contributed by atoms with van der Waals surface area (Å²) in [5.41, 5.74) is 3.45. The van der Waals surface area contributed by atoms with Gasteiger partial charge >= 0.3 is 0 Å². The van der Waals surface area contributed by atoms with Crippen LogP contribution in [0.2, 0.25) is 0 Å². The largest absolute Gasteiger partial charge is 0.355 e. The molecular weight excluding hydrogens is 336 g/mol. The second-order valence-corrected chi connectivity index (χ2v) is 7.18. The van der Waals surface area contributed by atoms with E-state index in [9.17, 15) is 0 Å². The van der Waals surface area contributed by atoms with Crippen molar-refractivity contribution >= 4 is 5.82 Å². The summed E-state index contributed by atoms with van der Waals surface area (Å²) >= 11 is 0. The van der Waals surface area contributed by atoms with Gasteiger partial charge in [0, 0.05) is 44.5 Å². The maximum atomic E-state index is 4.71. The van der Waals surface area contributed by atoms with Gasteiger partial charge in [-0.1, -0.05) is 18.2 Å². The highest BCUT2D eigenvalue weighted by molar-refractivity contribution is 5.46. The fraction of sp³-hybridized carbons (Fsp3) is 0.381. The van der Waals surface area contributed by atoms with Crippen LogP contribution in [0.1, 0.15) is 35.8 Å². The molecule has 1 aliphatic heterocycles. The molecule has 140 valence electrons. The Labute approximate surface area is 160 Å². The lowest BCUT2D eigenvalue weighted by Gasteiger charge is -2.25. The van der Waals surface area contributed by atoms with E-state index < -0.39 is 0 Å². The van der Waals surface area contributed by atoms with Crippen molar-refractivity contribution in [3.8, 4) is 5.69 Å². The maximum absolute atomic E-state index is 4.71. The Morgan fingerprint density at radius 3 is 2.89 bits per heavy atom. The number of piperidine rings is 1. The Kier molecular flexibility index (Phi) is 5.16. The molecule has 4 rings (SSSR count). The number of nitrogens with one attached hydrogen (secondary N) is 1. The number of anilines is 1. The number of rotatable bonds is 5. The molecule has 0 spiro atoms. The average molecular weight is 362 g/mol. The summed E-state index contributed by atoms with van der Waals surface area (Å²) in [6.07, 6.45) is 6.17. The van der Waals surface area contributed by atoms with Crippen LogP contribution >= 0.6 is 0 Å². The highest BCUT2D eigenvalue weighted by Crippen LogP contribution is 2.25. The van der Waals surface area contributed by atoms with Gasteiger partial charge in [0.1, 0.15) is 11.6 Å². The molecule has 0 radical (unpaired) electrons. The lowest BCUT2D eigenvalue weighted by Crippen LogP contribution is -2.29. The van der Waals surface area contributed by atoms with E-state index in [4.69, 9.17) is 4.98 Å². The molecule has 0 saturated carbocycles. The zero-order valence-electron chi connectivity index (χ0n) is 16.0. The van der Waals surface area contributed by atoms with E-state index in [1.807, 2.05) is 29.9 Å². The van der Waals surface area contributed by atoms with Gasteiger partial charge in [-0.3, -0.25) is 0 Å². The molecule has 3 aromatic rings. The lowest BCUT2D eigenvalue weighted by atomic mass is 9.96. The minimum atomic E-state index is 0.476. The van der Waals surface area contributed by atoms with Crippen molar-refractivity contribution in [3.05, 3.63) is 65.9 Å². The monoisotopic (exact) mass is 362 g/mol. The summed E-state index contributed by atoms with van der Waals surface area (Å²) < 4.78 is 1.91. The molecule has 0 unspecified atom stereocenters. The minimum Gasteiger partial charge on any atom is -0.355 e. The fourth-order valence-corrected chi connectivity index (χ4v) is 3.70. The van der Waals surface area contributed by atoms with Crippen molar-refractivity contribution in [2.45, 2.75) is 32.2 Å². The third-order valence-corrected chi connectivity index (χ3v) is 5.10. The smallest absolute Gasteiger partial charge is 0.132 e. The van der Waals surface area contributed by atoms with Gasteiger partial charge in [-0.2, -0.15) is 5.10 Å². The lowest BCUT2D eigenvalue weighted by molar-refractivity contribution is 0.453. The van der Waals surface area contributed by atoms with Crippen LogP contribution in [0.4, 0.5) is 5.82 Å². The number of aryl methyl sites for hydroxylation is 1. The van der Waals surface area contributed by atoms with Crippen molar-refractivity contribution < 1.29 is 0 Å². The zero-order chi connectivity index (χ0) is 18.6. The number of para-hydroxylation sites is 1. The quantitative estimate of drug-likeness (QED) is 0.756. The van der Waals surface area contributed by atoms with Gasteiger partial charge in [0.2, 0.25) is 0 Å². The Morgan fingerprint density at radius 2 is 2.11 bits per heavy atom. The molecule has 27 heavy (non-hydrogen) atoms. The number of aromatic nitrogens is 4. The standard InChI is InChI=1S/C21H26N6/c1-16-24-19(17-8-5-10-22-14-17)13-21(25-16)26(2)15-18-7-3-4-9-20(18)27-12-6-11-23-27/h3-4,6-7,9,11-13,17,22H,5,8,10,14-15H2,1-2H3/t17-/m0/s1. The van der Waals surface area contributed by atoms with E-state index in [2.05, 4.69) is 51.6 Å². The first-order chi connectivity index (χ1) is 13.2.